The van der Waals surface area contributed by atoms with Crippen LogP contribution in [0.5, 0.6) is 0 Å². The molecule has 18 heavy (non-hydrogen) atoms. The molecule has 0 aromatic carbocycles. The smallest absolute Gasteiger partial charge is 0.110 e. The quantitative estimate of drug-likeness (QED) is 0.792. The summed E-state index contributed by atoms with van der Waals surface area (Å²) in [6.07, 6.45) is 1.72. The Hall–Kier alpha value is -0.760. The Balaban J connectivity index is 0.000000771. The van der Waals surface area contributed by atoms with Gasteiger partial charge in [-0.1, -0.05) is 41.5 Å². The normalized spacial score (nSPS) is 25.4. The molecular weight excluding hydrogens is 224 g/mol. The third-order valence-electron chi connectivity index (χ3n) is 3.44. The molecule has 0 spiro atoms. The van der Waals surface area contributed by atoms with Gasteiger partial charge in [0, 0.05) is 17.9 Å². The van der Waals surface area contributed by atoms with Crippen LogP contribution in [-0.2, 0) is 12.0 Å². The largest absolute Gasteiger partial charge is 0.465 e. The average Bonchev–Trinajstić information content (AvgIpc) is 2.62. The molecule has 104 valence electrons. The Morgan fingerprint density at radius 3 is 2.28 bits per heavy atom. The van der Waals surface area contributed by atoms with Crippen LogP contribution >= 0.6 is 0 Å². The molecule has 1 aromatic heterocycles. The predicted octanol–water partition coefficient (Wildman–Crippen LogP) is 4.61. The van der Waals surface area contributed by atoms with E-state index >= 15 is 0 Å². The zero-order valence-electron chi connectivity index (χ0n) is 12.9. The fourth-order valence-electron chi connectivity index (χ4n) is 2.85. The summed E-state index contributed by atoms with van der Waals surface area (Å²) in [6.45, 7) is 14.5. The van der Waals surface area contributed by atoms with E-state index in [1.165, 1.54) is 0 Å². The lowest BCUT2D eigenvalue weighted by Crippen LogP contribution is -2.35. The van der Waals surface area contributed by atoms with Gasteiger partial charge in [0.2, 0.25) is 0 Å². The topological polar surface area (TPSA) is 33.4 Å². The Labute approximate surface area is 111 Å². The molecular formula is C16H28O2. The third kappa shape index (κ3) is 2.97. The fourth-order valence-corrected chi connectivity index (χ4v) is 2.85. The average molecular weight is 252 g/mol. The summed E-state index contributed by atoms with van der Waals surface area (Å²) in [6, 6.07) is 2.04. The monoisotopic (exact) mass is 252 g/mol. The molecule has 2 rings (SSSR count). The van der Waals surface area contributed by atoms with Crippen molar-refractivity contribution < 1.29 is 9.52 Å². The van der Waals surface area contributed by atoms with E-state index in [2.05, 4.69) is 27.7 Å². The molecule has 0 amide bonds. The van der Waals surface area contributed by atoms with E-state index in [-0.39, 0.29) is 5.41 Å². The first kappa shape index (κ1) is 15.3. The van der Waals surface area contributed by atoms with Crippen molar-refractivity contribution in [2.24, 2.45) is 5.41 Å². The molecule has 0 aliphatic heterocycles. The van der Waals surface area contributed by atoms with E-state index in [4.69, 9.17) is 4.42 Å². The zero-order valence-corrected chi connectivity index (χ0v) is 12.9. The molecule has 1 aromatic rings. The predicted molar refractivity (Wildman–Crippen MR) is 75.8 cm³/mol. The van der Waals surface area contributed by atoms with Crippen LogP contribution in [0.1, 0.15) is 77.9 Å². The van der Waals surface area contributed by atoms with Crippen molar-refractivity contribution in [1.82, 2.24) is 0 Å². The summed E-state index contributed by atoms with van der Waals surface area (Å²) >= 11 is 0. The van der Waals surface area contributed by atoms with Crippen molar-refractivity contribution in [1.29, 1.82) is 0 Å². The summed E-state index contributed by atoms with van der Waals surface area (Å²) in [5.74, 6) is 2.34. The van der Waals surface area contributed by atoms with Gasteiger partial charge in [-0.05, 0) is 24.8 Å². The summed E-state index contributed by atoms with van der Waals surface area (Å²) in [5.41, 5.74) is 0.367. The van der Waals surface area contributed by atoms with Gasteiger partial charge in [-0.25, -0.2) is 0 Å². The van der Waals surface area contributed by atoms with Crippen LogP contribution in [0.4, 0.5) is 0 Å². The van der Waals surface area contributed by atoms with Crippen molar-refractivity contribution in [3.05, 3.63) is 23.2 Å². The molecule has 0 saturated carbocycles. The molecule has 1 aliphatic rings. The van der Waals surface area contributed by atoms with Crippen LogP contribution < -0.4 is 0 Å². The van der Waals surface area contributed by atoms with Gasteiger partial charge < -0.3 is 9.52 Å². The second-order valence-electron chi connectivity index (χ2n) is 6.43. The summed E-state index contributed by atoms with van der Waals surface area (Å²) in [7, 11) is 0. The van der Waals surface area contributed by atoms with Crippen LogP contribution in [-0.4, -0.2) is 5.11 Å². The molecule has 0 fully saturated rings. The third-order valence-corrected chi connectivity index (χ3v) is 3.44. The van der Waals surface area contributed by atoms with Crippen molar-refractivity contribution in [3.8, 4) is 0 Å². The molecule has 0 bridgehead atoms. The van der Waals surface area contributed by atoms with E-state index < -0.39 is 5.60 Å². The highest BCUT2D eigenvalue weighted by molar-refractivity contribution is 5.32. The summed E-state index contributed by atoms with van der Waals surface area (Å²) in [4.78, 5) is 0. The van der Waals surface area contributed by atoms with Gasteiger partial charge in [0.15, 0.2) is 0 Å². The molecule has 0 saturated heterocycles. The molecule has 1 heterocycles. The summed E-state index contributed by atoms with van der Waals surface area (Å²) < 4.78 is 5.88. The maximum absolute atomic E-state index is 10.5. The van der Waals surface area contributed by atoms with Crippen molar-refractivity contribution in [3.63, 3.8) is 0 Å². The van der Waals surface area contributed by atoms with Crippen LogP contribution in [0, 0.1) is 5.41 Å². The van der Waals surface area contributed by atoms with E-state index in [9.17, 15) is 5.11 Å². The van der Waals surface area contributed by atoms with Crippen LogP contribution in [0.15, 0.2) is 10.5 Å². The Morgan fingerprint density at radius 2 is 1.78 bits per heavy atom. The van der Waals surface area contributed by atoms with Gasteiger partial charge in [-0.15, -0.1) is 0 Å². The summed E-state index contributed by atoms with van der Waals surface area (Å²) in [5, 5.41) is 10.5. The lowest BCUT2D eigenvalue weighted by molar-refractivity contribution is -0.00493. The van der Waals surface area contributed by atoms with E-state index in [1.54, 1.807) is 0 Å². The van der Waals surface area contributed by atoms with Gasteiger partial charge >= 0.3 is 0 Å². The number of aliphatic hydroxyl groups is 1. The second kappa shape index (κ2) is 5.08. The number of hydrogen-bond donors (Lipinski definition) is 1. The first-order valence-corrected chi connectivity index (χ1v) is 7.07. The maximum atomic E-state index is 10.5. The first-order chi connectivity index (χ1) is 8.21. The number of rotatable bonds is 1. The maximum Gasteiger partial charge on any atom is 0.110 e. The number of fused-ring (bicyclic) bond motifs is 1. The Kier molecular flexibility index (Phi) is 4.32. The van der Waals surface area contributed by atoms with E-state index in [1.807, 2.05) is 26.8 Å². The molecule has 0 radical (unpaired) electrons. The molecule has 1 atom stereocenters. The molecule has 1 N–H and O–H groups in total. The lowest BCUT2D eigenvalue weighted by atomic mass is 9.70. The fraction of sp³-hybridized carbons (Fsp3) is 0.750. The van der Waals surface area contributed by atoms with Crippen LogP contribution in [0.2, 0.25) is 0 Å². The Morgan fingerprint density at radius 1 is 1.22 bits per heavy atom. The second-order valence-corrected chi connectivity index (χ2v) is 6.43. The van der Waals surface area contributed by atoms with Gasteiger partial charge in [-0.2, -0.15) is 0 Å². The van der Waals surface area contributed by atoms with Gasteiger partial charge in [0.05, 0.1) is 5.60 Å². The SMILES string of the molecule is CC.CC(C)c1cc2c(o1)CC(C)(C)CC2(C)O. The molecule has 2 nitrogen and oxygen atoms in total. The lowest BCUT2D eigenvalue weighted by Gasteiger charge is -2.38. The van der Waals surface area contributed by atoms with Crippen LogP contribution in [0.25, 0.3) is 0 Å². The van der Waals surface area contributed by atoms with E-state index in [0.29, 0.717) is 5.92 Å². The first-order valence-electron chi connectivity index (χ1n) is 7.07. The molecule has 1 unspecified atom stereocenters. The highest BCUT2D eigenvalue weighted by Crippen LogP contribution is 2.46. The minimum atomic E-state index is -0.742. The molecule has 2 heteroatoms. The standard InChI is InChI=1S/C14H22O2.C2H6/c1-9(2)11-6-10-12(16-11)7-13(3,4)8-14(10,5)15;1-2/h6,9,15H,7-8H2,1-5H3;1-2H3. The Bertz CT molecular complexity index is 397. The van der Waals surface area contributed by atoms with Gasteiger partial charge in [-0.3, -0.25) is 0 Å². The van der Waals surface area contributed by atoms with Gasteiger partial charge in [0.25, 0.3) is 0 Å². The highest BCUT2D eigenvalue weighted by atomic mass is 16.3. The zero-order chi connectivity index (χ0) is 14.1. The van der Waals surface area contributed by atoms with Crippen molar-refractivity contribution in [2.75, 3.05) is 0 Å². The van der Waals surface area contributed by atoms with Crippen LogP contribution in [0.3, 0.4) is 0 Å². The minimum absolute atomic E-state index is 0.114. The van der Waals surface area contributed by atoms with E-state index in [0.717, 1.165) is 29.9 Å². The number of furan rings is 1. The minimum Gasteiger partial charge on any atom is -0.465 e. The van der Waals surface area contributed by atoms with Gasteiger partial charge in [0.1, 0.15) is 11.5 Å². The van der Waals surface area contributed by atoms with Crippen molar-refractivity contribution in [2.45, 2.75) is 72.8 Å². The number of hydrogen-bond acceptors (Lipinski definition) is 2. The molecule has 1 aliphatic carbocycles. The van der Waals surface area contributed by atoms with Crippen molar-refractivity contribution >= 4 is 0 Å². The highest BCUT2D eigenvalue weighted by Gasteiger charge is 2.41.